The van der Waals surface area contributed by atoms with Crippen LogP contribution < -0.4 is 10.6 Å². The SMILES string of the molecule is C=CCn1c(SCC(=O)Nc2cc([N+](=O)[O-])ccc2Cl)nnc1[C@H](CC(C)C)NC(=O)c1ccc(Cl)cc1Cl. The van der Waals surface area contributed by atoms with E-state index in [2.05, 4.69) is 27.4 Å². The van der Waals surface area contributed by atoms with Crippen LogP contribution in [0.5, 0.6) is 0 Å². The third-order valence-electron chi connectivity index (χ3n) is 5.32. The normalized spacial score (nSPS) is 11.7. The number of benzene rings is 2. The molecule has 1 aromatic heterocycles. The molecule has 0 fully saturated rings. The fourth-order valence-electron chi connectivity index (χ4n) is 3.61. The second-order valence-corrected chi connectivity index (χ2v) is 11.0. The van der Waals surface area contributed by atoms with Crippen LogP contribution in [0.2, 0.25) is 15.1 Å². The lowest BCUT2D eigenvalue weighted by Gasteiger charge is -2.21. The molecule has 0 aliphatic rings. The summed E-state index contributed by atoms with van der Waals surface area (Å²) in [5, 5.41) is 26.4. The summed E-state index contributed by atoms with van der Waals surface area (Å²) in [7, 11) is 0. The van der Waals surface area contributed by atoms with Crippen molar-refractivity contribution in [3.05, 3.63) is 85.6 Å². The van der Waals surface area contributed by atoms with E-state index in [0.29, 0.717) is 29.0 Å². The summed E-state index contributed by atoms with van der Waals surface area (Å²) in [5.74, 6) is -0.215. The predicted molar refractivity (Wildman–Crippen MR) is 154 cm³/mol. The number of halogens is 3. The Morgan fingerprint density at radius 1 is 1.15 bits per heavy atom. The van der Waals surface area contributed by atoms with E-state index in [-0.39, 0.29) is 38.7 Å². The summed E-state index contributed by atoms with van der Waals surface area (Å²) >= 11 is 19.4. The van der Waals surface area contributed by atoms with E-state index in [1.54, 1.807) is 22.8 Å². The minimum atomic E-state index is -0.576. The number of nitro groups is 1. The monoisotopic (exact) mass is 610 g/mol. The van der Waals surface area contributed by atoms with Crippen molar-refractivity contribution in [2.24, 2.45) is 5.92 Å². The maximum absolute atomic E-state index is 13.1. The molecule has 1 atom stereocenters. The van der Waals surface area contributed by atoms with Crippen LogP contribution in [-0.4, -0.2) is 37.3 Å². The van der Waals surface area contributed by atoms with Gasteiger partial charge in [0, 0.05) is 23.7 Å². The van der Waals surface area contributed by atoms with Crippen LogP contribution in [0.25, 0.3) is 0 Å². The van der Waals surface area contributed by atoms with Gasteiger partial charge in [0.25, 0.3) is 11.6 Å². The first-order chi connectivity index (χ1) is 18.5. The van der Waals surface area contributed by atoms with Gasteiger partial charge in [-0.3, -0.25) is 19.7 Å². The number of anilines is 1. The number of hydrogen-bond donors (Lipinski definition) is 2. The standard InChI is InChI=1S/C25H25Cl3N6O4S/c1-4-9-33-23(21(10-14(2)3)30-24(36)17-7-5-15(26)11-19(17)28)31-32-25(33)39-13-22(35)29-20-12-16(34(37)38)6-8-18(20)27/h4-8,11-12,14,21H,1,9-10,13H2,2-3H3,(H,29,35)(H,30,36)/t21-/m0/s1. The third-order valence-corrected chi connectivity index (χ3v) is 7.17. The first kappa shape index (κ1) is 30.4. The number of nitrogens with zero attached hydrogens (tertiary/aromatic N) is 4. The Bertz CT molecular complexity index is 1400. The lowest BCUT2D eigenvalue weighted by Crippen LogP contribution is -2.32. The molecule has 0 saturated heterocycles. The number of thioether (sulfide) groups is 1. The fraction of sp³-hybridized carbons (Fsp3) is 0.280. The molecule has 39 heavy (non-hydrogen) atoms. The number of amides is 2. The minimum absolute atomic E-state index is 0.0735. The number of carbonyl (C=O) groups excluding carboxylic acids is 2. The molecule has 14 heteroatoms. The number of nitrogens with one attached hydrogen (secondary N) is 2. The van der Waals surface area contributed by atoms with Gasteiger partial charge in [-0.05, 0) is 36.6 Å². The van der Waals surface area contributed by atoms with E-state index in [4.69, 9.17) is 34.8 Å². The summed E-state index contributed by atoms with van der Waals surface area (Å²) < 4.78 is 1.77. The highest BCUT2D eigenvalue weighted by atomic mass is 35.5. The number of carbonyl (C=O) groups is 2. The van der Waals surface area contributed by atoms with Crippen LogP contribution in [0, 0.1) is 16.0 Å². The Morgan fingerprint density at radius 2 is 1.90 bits per heavy atom. The number of rotatable bonds is 12. The van der Waals surface area contributed by atoms with Gasteiger partial charge in [0.2, 0.25) is 5.91 Å². The van der Waals surface area contributed by atoms with Crippen LogP contribution in [0.1, 0.15) is 42.5 Å². The molecule has 0 aliphatic heterocycles. The van der Waals surface area contributed by atoms with Crippen molar-refractivity contribution in [2.45, 2.75) is 38.0 Å². The first-order valence-electron chi connectivity index (χ1n) is 11.7. The van der Waals surface area contributed by atoms with E-state index in [9.17, 15) is 19.7 Å². The van der Waals surface area contributed by atoms with Crippen molar-refractivity contribution in [1.82, 2.24) is 20.1 Å². The summed E-state index contributed by atoms with van der Waals surface area (Å²) in [4.78, 5) is 36.2. The van der Waals surface area contributed by atoms with Crippen LogP contribution in [-0.2, 0) is 11.3 Å². The van der Waals surface area contributed by atoms with Gasteiger partial charge in [-0.2, -0.15) is 0 Å². The van der Waals surface area contributed by atoms with Crippen molar-refractivity contribution >= 4 is 69.8 Å². The van der Waals surface area contributed by atoms with Crippen molar-refractivity contribution < 1.29 is 14.5 Å². The summed E-state index contributed by atoms with van der Waals surface area (Å²) in [6, 6.07) is 7.90. The second-order valence-electron chi connectivity index (χ2n) is 8.78. The van der Waals surface area contributed by atoms with Crippen molar-refractivity contribution in [2.75, 3.05) is 11.1 Å². The molecule has 2 N–H and O–H groups in total. The summed E-state index contributed by atoms with van der Waals surface area (Å²) in [5.41, 5.74) is 0.205. The Morgan fingerprint density at radius 3 is 2.54 bits per heavy atom. The van der Waals surface area contributed by atoms with Crippen LogP contribution in [0.15, 0.2) is 54.2 Å². The molecule has 1 heterocycles. The van der Waals surface area contributed by atoms with Crippen LogP contribution in [0.3, 0.4) is 0 Å². The van der Waals surface area contributed by atoms with E-state index < -0.39 is 22.8 Å². The molecule has 2 aromatic carbocycles. The van der Waals surface area contributed by atoms with Crippen molar-refractivity contribution in [1.29, 1.82) is 0 Å². The number of hydrogen-bond acceptors (Lipinski definition) is 7. The van der Waals surface area contributed by atoms with Crippen molar-refractivity contribution in [3.63, 3.8) is 0 Å². The lowest BCUT2D eigenvalue weighted by atomic mass is 10.0. The minimum Gasteiger partial charge on any atom is -0.342 e. The molecule has 0 saturated carbocycles. The zero-order chi connectivity index (χ0) is 28.7. The number of allylic oxidation sites excluding steroid dienone is 1. The molecule has 2 amide bonds. The number of nitro benzene ring substituents is 1. The number of aromatic nitrogens is 3. The molecule has 3 rings (SSSR count). The number of non-ortho nitro benzene ring substituents is 1. The molecule has 10 nitrogen and oxygen atoms in total. The van der Waals surface area contributed by atoms with Crippen molar-refractivity contribution in [3.8, 4) is 0 Å². The average molecular weight is 612 g/mol. The zero-order valence-corrected chi connectivity index (χ0v) is 24.1. The molecular weight excluding hydrogens is 587 g/mol. The molecular formula is C25H25Cl3N6O4S. The van der Waals surface area contributed by atoms with E-state index in [0.717, 1.165) is 11.8 Å². The third kappa shape index (κ3) is 8.18. The quantitative estimate of drug-likeness (QED) is 0.102. The highest BCUT2D eigenvalue weighted by Crippen LogP contribution is 2.29. The van der Waals surface area contributed by atoms with Gasteiger partial charge < -0.3 is 15.2 Å². The van der Waals surface area contributed by atoms with Gasteiger partial charge in [0.15, 0.2) is 11.0 Å². The average Bonchev–Trinajstić information content (AvgIpc) is 3.25. The molecule has 0 radical (unpaired) electrons. The summed E-state index contributed by atoms with van der Waals surface area (Å²) in [6.07, 6.45) is 2.22. The Labute approximate surface area is 244 Å². The molecule has 0 spiro atoms. The lowest BCUT2D eigenvalue weighted by molar-refractivity contribution is -0.384. The van der Waals surface area contributed by atoms with Gasteiger partial charge in [-0.1, -0.05) is 66.5 Å². The second kappa shape index (κ2) is 13.8. The smallest absolute Gasteiger partial charge is 0.271 e. The topological polar surface area (TPSA) is 132 Å². The zero-order valence-electron chi connectivity index (χ0n) is 21.0. The van der Waals surface area contributed by atoms with Gasteiger partial charge >= 0.3 is 0 Å². The van der Waals surface area contributed by atoms with E-state index in [1.165, 1.54) is 24.3 Å². The Kier molecular flexibility index (Phi) is 10.8. The maximum atomic E-state index is 13.1. The largest absolute Gasteiger partial charge is 0.342 e. The van der Waals surface area contributed by atoms with Crippen LogP contribution in [0.4, 0.5) is 11.4 Å². The fourth-order valence-corrected chi connectivity index (χ4v) is 5.03. The van der Waals surface area contributed by atoms with E-state index in [1.807, 2.05) is 13.8 Å². The predicted octanol–water partition coefficient (Wildman–Crippen LogP) is 6.58. The first-order valence-corrected chi connectivity index (χ1v) is 13.8. The summed E-state index contributed by atoms with van der Waals surface area (Å²) in [6.45, 7) is 8.16. The molecule has 0 unspecified atom stereocenters. The van der Waals surface area contributed by atoms with Gasteiger partial charge in [0.1, 0.15) is 0 Å². The highest BCUT2D eigenvalue weighted by molar-refractivity contribution is 7.99. The Hall–Kier alpha value is -3.12. The van der Waals surface area contributed by atoms with E-state index >= 15 is 0 Å². The molecule has 206 valence electrons. The maximum Gasteiger partial charge on any atom is 0.271 e. The Balaban J connectivity index is 1.79. The molecule has 0 bridgehead atoms. The molecule has 0 aliphatic carbocycles. The van der Waals surface area contributed by atoms with Gasteiger partial charge in [-0.15, -0.1) is 16.8 Å². The highest BCUT2D eigenvalue weighted by Gasteiger charge is 2.25. The van der Waals surface area contributed by atoms with Crippen LogP contribution >= 0.6 is 46.6 Å². The molecule has 3 aromatic rings. The van der Waals surface area contributed by atoms with Gasteiger partial charge in [0.05, 0.1) is 38.0 Å². The van der Waals surface area contributed by atoms with Gasteiger partial charge in [-0.25, -0.2) is 0 Å².